The monoisotopic (exact) mass is 222 g/mol. The van der Waals surface area contributed by atoms with Crippen molar-refractivity contribution in [1.29, 1.82) is 0 Å². The number of carbonyl (C=O) groups excluding carboxylic acids is 1. The average molecular weight is 222 g/mol. The molecule has 1 saturated heterocycles. The summed E-state index contributed by atoms with van der Waals surface area (Å²) in [6.07, 6.45) is 1.71. The minimum Gasteiger partial charge on any atom is -0.437 e. The van der Waals surface area contributed by atoms with Crippen molar-refractivity contribution in [2.24, 2.45) is 0 Å². The minimum absolute atomic E-state index is 0.160. The van der Waals surface area contributed by atoms with Gasteiger partial charge in [0.15, 0.2) is 0 Å². The standard InChI is InChI=1S/C7H10O6S/c1-2-3-6(8)13-7(5-4-12-5)14(9,10)11/h2-3,5,7H,4H2,1H3,(H,9,10,11). The van der Waals surface area contributed by atoms with Crippen LogP contribution in [0.3, 0.4) is 0 Å². The van der Waals surface area contributed by atoms with E-state index in [1.807, 2.05) is 0 Å². The molecule has 0 aromatic carbocycles. The van der Waals surface area contributed by atoms with Crippen molar-refractivity contribution in [3.05, 3.63) is 12.2 Å². The molecule has 1 aliphatic rings. The predicted molar refractivity (Wildman–Crippen MR) is 46.0 cm³/mol. The van der Waals surface area contributed by atoms with E-state index in [1.165, 1.54) is 6.08 Å². The maximum Gasteiger partial charge on any atom is 0.331 e. The van der Waals surface area contributed by atoms with E-state index in [-0.39, 0.29) is 6.61 Å². The van der Waals surface area contributed by atoms with Gasteiger partial charge in [-0.15, -0.1) is 0 Å². The summed E-state index contributed by atoms with van der Waals surface area (Å²) in [5.41, 5.74) is -1.62. The summed E-state index contributed by atoms with van der Waals surface area (Å²) >= 11 is 0. The van der Waals surface area contributed by atoms with E-state index in [4.69, 9.17) is 4.55 Å². The zero-order chi connectivity index (χ0) is 10.8. The number of rotatable bonds is 4. The molecule has 0 aromatic rings. The highest BCUT2D eigenvalue weighted by Crippen LogP contribution is 2.21. The second-order valence-corrected chi connectivity index (χ2v) is 4.19. The number of hydrogen-bond acceptors (Lipinski definition) is 5. The summed E-state index contributed by atoms with van der Waals surface area (Å²) in [7, 11) is -4.42. The fraction of sp³-hybridized carbons (Fsp3) is 0.571. The Morgan fingerprint density at radius 3 is 2.64 bits per heavy atom. The van der Waals surface area contributed by atoms with Crippen LogP contribution in [0.15, 0.2) is 12.2 Å². The van der Waals surface area contributed by atoms with Crippen LogP contribution in [0.1, 0.15) is 6.92 Å². The highest BCUT2D eigenvalue weighted by Gasteiger charge is 2.43. The topological polar surface area (TPSA) is 93.2 Å². The summed E-state index contributed by atoms with van der Waals surface area (Å²) in [5.74, 6) is -0.828. The highest BCUT2D eigenvalue weighted by atomic mass is 32.2. The highest BCUT2D eigenvalue weighted by molar-refractivity contribution is 7.86. The Bertz CT molecular complexity index is 339. The molecule has 2 unspecified atom stereocenters. The van der Waals surface area contributed by atoms with Crippen LogP contribution in [-0.2, 0) is 24.4 Å². The van der Waals surface area contributed by atoms with Crippen molar-refractivity contribution in [1.82, 2.24) is 0 Å². The normalized spacial score (nSPS) is 23.4. The first kappa shape index (κ1) is 11.2. The molecule has 0 aliphatic carbocycles. The number of epoxide rings is 1. The molecule has 7 heteroatoms. The number of esters is 1. The number of carbonyl (C=O) groups is 1. The summed E-state index contributed by atoms with van der Waals surface area (Å²) in [6, 6.07) is 0. The second-order valence-electron chi connectivity index (χ2n) is 2.69. The lowest BCUT2D eigenvalue weighted by molar-refractivity contribution is -0.140. The molecule has 0 spiro atoms. The maximum atomic E-state index is 10.9. The van der Waals surface area contributed by atoms with E-state index < -0.39 is 27.6 Å². The van der Waals surface area contributed by atoms with Gasteiger partial charge in [-0.1, -0.05) is 6.08 Å². The molecule has 0 saturated carbocycles. The maximum absolute atomic E-state index is 10.9. The van der Waals surface area contributed by atoms with Gasteiger partial charge in [0.2, 0.25) is 0 Å². The Morgan fingerprint density at radius 2 is 2.29 bits per heavy atom. The van der Waals surface area contributed by atoms with Crippen molar-refractivity contribution in [2.75, 3.05) is 6.61 Å². The summed E-state index contributed by atoms with van der Waals surface area (Å²) < 4.78 is 39.3. The smallest absolute Gasteiger partial charge is 0.331 e. The molecule has 1 aliphatic heterocycles. The molecular formula is C7H10O6S. The molecule has 1 heterocycles. The van der Waals surface area contributed by atoms with E-state index in [0.717, 1.165) is 6.08 Å². The Balaban J connectivity index is 2.66. The van der Waals surface area contributed by atoms with Crippen LogP contribution in [0, 0.1) is 0 Å². The van der Waals surface area contributed by atoms with Crippen LogP contribution in [0.25, 0.3) is 0 Å². The third kappa shape index (κ3) is 3.09. The largest absolute Gasteiger partial charge is 0.437 e. The molecule has 2 atom stereocenters. The molecule has 80 valence electrons. The average Bonchev–Trinajstić information content (AvgIpc) is 2.81. The Kier molecular flexibility index (Phi) is 3.25. The lowest BCUT2D eigenvalue weighted by Gasteiger charge is -2.10. The fourth-order valence-corrected chi connectivity index (χ4v) is 1.59. The van der Waals surface area contributed by atoms with Crippen LogP contribution < -0.4 is 0 Å². The van der Waals surface area contributed by atoms with Crippen LogP contribution in [0.4, 0.5) is 0 Å². The van der Waals surface area contributed by atoms with Gasteiger partial charge in [0, 0.05) is 6.08 Å². The number of allylic oxidation sites excluding steroid dienone is 1. The first-order valence-corrected chi connectivity index (χ1v) is 5.36. The van der Waals surface area contributed by atoms with E-state index >= 15 is 0 Å². The zero-order valence-electron chi connectivity index (χ0n) is 7.41. The summed E-state index contributed by atoms with van der Waals surface area (Å²) in [4.78, 5) is 10.9. The Labute approximate surface area is 81.3 Å². The second kappa shape index (κ2) is 4.07. The van der Waals surface area contributed by atoms with Gasteiger partial charge in [-0.25, -0.2) is 4.79 Å². The molecule has 0 bridgehead atoms. The van der Waals surface area contributed by atoms with E-state index in [2.05, 4.69) is 9.47 Å². The van der Waals surface area contributed by atoms with E-state index in [1.54, 1.807) is 6.92 Å². The van der Waals surface area contributed by atoms with Gasteiger partial charge in [-0.2, -0.15) is 8.42 Å². The van der Waals surface area contributed by atoms with Crippen LogP contribution >= 0.6 is 0 Å². The first-order chi connectivity index (χ1) is 6.45. The molecule has 0 amide bonds. The first-order valence-electron chi connectivity index (χ1n) is 3.86. The quantitative estimate of drug-likeness (QED) is 0.304. The molecule has 1 fully saturated rings. The van der Waals surface area contributed by atoms with Gasteiger partial charge in [-0.3, -0.25) is 4.55 Å². The predicted octanol–water partition coefficient (Wildman–Crippen LogP) is -0.282. The van der Waals surface area contributed by atoms with E-state index in [9.17, 15) is 13.2 Å². The molecule has 0 aromatic heterocycles. The molecule has 14 heavy (non-hydrogen) atoms. The molecular weight excluding hydrogens is 212 g/mol. The van der Waals surface area contributed by atoms with Gasteiger partial charge >= 0.3 is 16.1 Å². The van der Waals surface area contributed by atoms with Crippen molar-refractivity contribution < 1.29 is 27.2 Å². The fourth-order valence-electron chi connectivity index (χ4n) is 0.831. The number of hydrogen-bond donors (Lipinski definition) is 1. The zero-order valence-corrected chi connectivity index (χ0v) is 8.23. The SMILES string of the molecule is CC=CC(=O)OC(C1CO1)S(=O)(=O)O. The van der Waals surface area contributed by atoms with Gasteiger partial charge in [0.25, 0.3) is 5.44 Å². The van der Waals surface area contributed by atoms with Crippen molar-refractivity contribution in [3.8, 4) is 0 Å². The van der Waals surface area contributed by atoms with Gasteiger partial charge in [0.1, 0.15) is 6.10 Å². The van der Waals surface area contributed by atoms with E-state index in [0.29, 0.717) is 0 Å². The Hall–Kier alpha value is -0.920. The molecule has 1 rings (SSSR count). The third-order valence-electron chi connectivity index (χ3n) is 1.49. The lowest BCUT2D eigenvalue weighted by atomic mass is 10.5. The van der Waals surface area contributed by atoms with Gasteiger partial charge < -0.3 is 9.47 Å². The van der Waals surface area contributed by atoms with Gasteiger partial charge in [0.05, 0.1) is 6.61 Å². The van der Waals surface area contributed by atoms with Crippen LogP contribution in [0.2, 0.25) is 0 Å². The molecule has 0 radical (unpaired) electrons. The van der Waals surface area contributed by atoms with Gasteiger partial charge in [-0.05, 0) is 6.92 Å². The lowest BCUT2D eigenvalue weighted by Crippen LogP contribution is -2.31. The van der Waals surface area contributed by atoms with Crippen LogP contribution in [-0.4, -0.2) is 37.1 Å². The summed E-state index contributed by atoms with van der Waals surface area (Å²) in [5, 5.41) is 0. The molecule has 1 N–H and O–H groups in total. The van der Waals surface area contributed by atoms with Crippen LogP contribution in [0.5, 0.6) is 0 Å². The third-order valence-corrected chi connectivity index (χ3v) is 2.48. The number of ether oxygens (including phenoxy) is 2. The summed E-state index contributed by atoms with van der Waals surface area (Å²) in [6.45, 7) is 1.74. The van der Waals surface area contributed by atoms with Crippen molar-refractivity contribution in [2.45, 2.75) is 18.5 Å². The van der Waals surface area contributed by atoms with Crippen molar-refractivity contribution >= 4 is 16.1 Å². The molecule has 6 nitrogen and oxygen atoms in total. The Morgan fingerprint density at radius 1 is 1.71 bits per heavy atom. The van der Waals surface area contributed by atoms with Crippen molar-refractivity contribution in [3.63, 3.8) is 0 Å². The minimum atomic E-state index is -4.42.